The van der Waals surface area contributed by atoms with Crippen LogP contribution in [0.4, 0.5) is 0 Å². The van der Waals surface area contributed by atoms with Crippen LogP contribution in [0.5, 0.6) is 5.75 Å². The number of rotatable bonds is 6. The SMILES string of the molecule is O=C(NCCOc1ccc(C23CC4CC(CC(C4)C2)C3)cc1)c1ccccc1. The summed E-state index contributed by atoms with van der Waals surface area (Å²) in [5, 5.41) is 2.91. The van der Waals surface area contributed by atoms with E-state index in [-0.39, 0.29) is 5.91 Å². The molecule has 0 saturated heterocycles. The molecule has 2 aromatic carbocycles. The summed E-state index contributed by atoms with van der Waals surface area (Å²) in [6.45, 7) is 0.986. The normalized spacial score (nSPS) is 30.2. The Kier molecular flexibility index (Phi) is 4.62. The summed E-state index contributed by atoms with van der Waals surface area (Å²) < 4.78 is 5.85. The number of benzene rings is 2. The fourth-order valence-corrected chi connectivity index (χ4v) is 6.39. The van der Waals surface area contributed by atoms with Crippen molar-refractivity contribution in [2.24, 2.45) is 17.8 Å². The van der Waals surface area contributed by atoms with Gasteiger partial charge in [-0.05, 0) is 91.5 Å². The van der Waals surface area contributed by atoms with Crippen LogP contribution in [-0.4, -0.2) is 19.1 Å². The van der Waals surface area contributed by atoms with Crippen LogP contribution in [0, 0.1) is 17.8 Å². The van der Waals surface area contributed by atoms with Crippen LogP contribution >= 0.6 is 0 Å². The van der Waals surface area contributed by atoms with Crippen molar-refractivity contribution in [2.75, 3.05) is 13.2 Å². The van der Waals surface area contributed by atoms with Crippen molar-refractivity contribution >= 4 is 5.91 Å². The molecule has 4 aliphatic rings. The second-order valence-corrected chi connectivity index (χ2v) is 9.19. The van der Waals surface area contributed by atoms with Gasteiger partial charge in [0, 0.05) is 5.56 Å². The van der Waals surface area contributed by atoms with E-state index in [2.05, 4.69) is 29.6 Å². The van der Waals surface area contributed by atoms with Gasteiger partial charge < -0.3 is 10.1 Å². The molecule has 0 radical (unpaired) electrons. The Morgan fingerprint density at radius 2 is 1.50 bits per heavy atom. The van der Waals surface area contributed by atoms with Crippen molar-refractivity contribution < 1.29 is 9.53 Å². The van der Waals surface area contributed by atoms with Crippen LogP contribution in [0.1, 0.15) is 54.4 Å². The van der Waals surface area contributed by atoms with Gasteiger partial charge in [-0.15, -0.1) is 0 Å². The zero-order valence-electron chi connectivity index (χ0n) is 16.4. The van der Waals surface area contributed by atoms with Gasteiger partial charge >= 0.3 is 0 Å². The highest BCUT2D eigenvalue weighted by molar-refractivity contribution is 5.94. The second-order valence-electron chi connectivity index (χ2n) is 9.19. The van der Waals surface area contributed by atoms with Crippen molar-refractivity contribution in [3.63, 3.8) is 0 Å². The fourth-order valence-electron chi connectivity index (χ4n) is 6.39. The lowest BCUT2D eigenvalue weighted by Gasteiger charge is -2.57. The Bertz CT molecular complexity index is 792. The average Bonchev–Trinajstić information content (AvgIpc) is 2.71. The molecule has 4 aliphatic carbocycles. The molecule has 2 aromatic rings. The smallest absolute Gasteiger partial charge is 0.251 e. The summed E-state index contributed by atoms with van der Waals surface area (Å²) in [7, 11) is 0. The zero-order chi connectivity index (χ0) is 19.0. The van der Waals surface area contributed by atoms with Gasteiger partial charge in [0.1, 0.15) is 12.4 Å². The fraction of sp³-hybridized carbons (Fsp3) is 0.480. The van der Waals surface area contributed by atoms with Gasteiger partial charge in [-0.2, -0.15) is 0 Å². The number of ether oxygens (including phenoxy) is 1. The topological polar surface area (TPSA) is 38.3 Å². The van der Waals surface area contributed by atoms with E-state index in [0.29, 0.717) is 24.1 Å². The Hall–Kier alpha value is -2.29. The van der Waals surface area contributed by atoms with Crippen LogP contribution in [0.2, 0.25) is 0 Å². The zero-order valence-corrected chi connectivity index (χ0v) is 16.4. The molecule has 0 aromatic heterocycles. The van der Waals surface area contributed by atoms with E-state index in [1.165, 1.54) is 44.1 Å². The van der Waals surface area contributed by atoms with Crippen molar-refractivity contribution in [3.8, 4) is 5.75 Å². The van der Waals surface area contributed by atoms with Crippen LogP contribution < -0.4 is 10.1 Å². The molecule has 1 amide bonds. The molecule has 0 aliphatic heterocycles. The first kappa shape index (κ1) is 17.8. The van der Waals surface area contributed by atoms with Gasteiger partial charge in [0.05, 0.1) is 6.54 Å². The third-order valence-electron chi connectivity index (χ3n) is 7.20. The molecule has 4 bridgehead atoms. The van der Waals surface area contributed by atoms with Gasteiger partial charge in [-0.3, -0.25) is 4.79 Å². The van der Waals surface area contributed by atoms with Crippen molar-refractivity contribution in [3.05, 3.63) is 65.7 Å². The largest absolute Gasteiger partial charge is 0.492 e. The van der Waals surface area contributed by atoms with Gasteiger partial charge in [0.25, 0.3) is 5.91 Å². The molecule has 28 heavy (non-hydrogen) atoms. The Balaban J connectivity index is 1.15. The molecule has 0 heterocycles. The van der Waals surface area contributed by atoms with Gasteiger partial charge in [0.2, 0.25) is 0 Å². The monoisotopic (exact) mass is 375 g/mol. The van der Waals surface area contributed by atoms with E-state index in [4.69, 9.17) is 4.74 Å². The lowest BCUT2D eigenvalue weighted by atomic mass is 9.48. The summed E-state index contributed by atoms with van der Waals surface area (Å²) in [6, 6.07) is 18.1. The Morgan fingerprint density at radius 1 is 0.893 bits per heavy atom. The number of carbonyl (C=O) groups excluding carboxylic acids is 1. The number of amides is 1. The molecule has 4 fully saturated rings. The molecular weight excluding hydrogens is 346 g/mol. The first-order valence-corrected chi connectivity index (χ1v) is 10.8. The van der Waals surface area contributed by atoms with E-state index in [1.807, 2.05) is 30.3 Å². The maximum atomic E-state index is 12.0. The van der Waals surface area contributed by atoms with E-state index in [0.717, 1.165) is 23.5 Å². The second kappa shape index (κ2) is 7.27. The summed E-state index contributed by atoms with van der Waals surface area (Å²) >= 11 is 0. The summed E-state index contributed by atoms with van der Waals surface area (Å²) in [5.41, 5.74) is 2.65. The highest BCUT2D eigenvalue weighted by atomic mass is 16.5. The number of carbonyl (C=O) groups is 1. The van der Waals surface area contributed by atoms with E-state index < -0.39 is 0 Å². The minimum atomic E-state index is -0.0543. The molecule has 3 heteroatoms. The minimum Gasteiger partial charge on any atom is -0.492 e. The minimum absolute atomic E-state index is 0.0543. The lowest BCUT2D eigenvalue weighted by molar-refractivity contribution is -0.00520. The van der Waals surface area contributed by atoms with Gasteiger partial charge in [-0.1, -0.05) is 30.3 Å². The van der Waals surface area contributed by atoms with Crippen molar-refractivity contribution in [1.29, 1.82) is 0 Å². The Labute approximate surface area is 167 Å². The highest BCUT2D eigenvalue weighted by Crippen LogP contribution is 2.60. The molecular formula is C25H29NO2. The number of nitrogens with one attached hydrogen (secondary N) is 1. The Morgan fingerprint density at radius 3 is 2.11 bits per heavy atom. The van der Waals surface area contributed by atoms with E-state index in [9.17, 15) is 4.79 Å². The van der Waals surface area contributed by atoms with E-state index >= 15 is 0 Å². The van der Waals surface area contributed by atoms with Crippen molar-refractivity contribution in [1.82, 2.24) is 5.32 Å². The molecule has 4 saturated carbocycles. The van der Waals surface area contributed by atoms with Gasteiger partial charge in [0.15, 0.2) is 0 Å². The lowest BCUT2D eigenvalue weighted by Crippen LogP contribution is -2.48. The van der Waals surface area contributed by atoms with Crippen LogP contribution in [0.15, 0.2) is 54.6 Å². The van der Waals surface area contributed by atoms with Crippen LogP contribution in [-0.2, 0) is 5.41 Å². The predicted octanol–water partition coefficient (Wildman–Crippen LogP) is 4.96. The van der Waals surface area contributed by atoms with E-state index in [1.54, 1.807) is 0 Å². The summed E-state index contributed by atoms with van der Waals surface area (Å²) in [5.74, 6) is 3.74. The maximum absolute atomic E-state index is 12.0. The molecule has 1 N–H and O–H groups in total. The van der Waals surface area contributed by atoms with Crippen LogP contribution in [0.3, 0.4) is 0 Å². The van der Waals surface area contributed by atoms with Crippen molar-refractivity contribution in [2.45, 2.75) is 43.9 Å². The number of hydrogen-bond donors (Lipinski definition) is 1. The summed E-state index contributed by atoms with van der Waals surface area (Å²) in [4.78, 5) is 12.0. The standard InChI is InChI=1S/C25H29NO2/c27-24(21-4-2-1-3-5-21)26-10-11-28-23-8-6-22(7-9-23)25-15-18-12-19(16-25)14-20(13-18)17-25/h1-9,18-20H,10-17H2,(H,26,27). The number of hydrogen-bond acceptors (Lipinski definition) is 2. The molecule has 0 unspecified atom stereocenters. The quantitative estimate of drug-likeness (QED) is 0.725. The third-order valence-corrected chi connectivity index (χ3v) is 7.20. The summed E-state index contributed by atoms with van der Waals surface area (Å²) in [6.07, 6.45) is 8.62. The molecule has 3 nitrogen and oxygen atoms in total. The van der Waals surface area contributed by atoms with Gasteiger partial charge in [-0.25, -0.2) is 0 Å². The molecule has 0 atom stereocenters. The maximum Gasteiger partial charge on any atom is 0.251 e. The van der Waals surface area contributed by atoms with Crippen LogP contribution in [0.25, 0.3) is 0 Å². The third kappa shape index (κ3) is 3.43. The molecule has 6 rings (SSSR count). The highest BCUT2D eigenvalue weighted by Gasteiger charge is 2.51. The first-order valence-electron chi connectivity index (χ1n) is 10.8. The average molecular weight is 376 g/mol. The molecule has 146 valence electrons. The predicted molar refractivity (Wildman–Crippen MR) is 111 cm³/mol. The molecule has 0 spiro atoms. The first-order chi connectivity index (χ1) is 13.7.